The second-order valence-electron chi connectivity index (χ2n) is 8.96. The summed E-state index contributed by atoms with van der Waals surface area (Å²) in [5.74, 6) is 2.80. The predicted octanol–water partition coefficient (Wildman–Crippen LogP) is 6.32. The highest BCUT2D eigenvalue weighted by Gasteiger charge is 2.25. The number of aromatic nitrogens is 2. The molecule has 0 N–H and O–H groups in total. The Hall–Kier alpha value is -3.12. The standard InChI is InChI=1S/C28H32N4OS/c1-6-33-23-12-10-22(11-13-23)25-20(4)34-28-26(25)27(29-21(5)30-28)32-16-14-31(15-17-32)24-9-7-8-18(2)19(24)3/h7-13H,6,14-17H2,1-5H3. The van der Waals surface area contributed by atoms with E-state index in [0.717, 1.165) is 48.4 Å². The van der Waals surface area contributed by atoms with Gasteiger partial charge in [-0.05, 0) is 69.5 Å². The first kappa shape index (κ1) is 22.7. The summed E-state index contributed by atoms with van der Waals surface area (Å²) >= 11 is 1.76. The Morgan fingerprint density at radius 1 is 0.882 bits per heavy atom. The molecule has 0 unspecified atom stereocenters. The van der Waals surface area contributed by atoms with E-state index in [9.17, 15) is 0 Å². The minimum Gasteiger partial charge on any atom is -0.494 e. The van der Waals surface area contributed by atoms with E-state index < -0.39 is 0 Å². The van der Waals surface area contributed by atoms with Crippen LogP contribution in [0.25, 0.3) is 21.3 Å². The first-order valence-corrected chi connectivity index (χ1v) is 12.8. The molecule has 0 saturated carbocycles. The highest BCUT2D eigenvalue weighted by molar-refractivity contribution is 7.19. The molecule has 1 saturated heterocycles. The van der Waals surface area contributed by atoms with Gasteiger partial charge in [0.2, 0.25) is 0 Å². The minimum absolute atomic E-state index is 0.672. The molecule has 1 aliphatic heterocycles. The van der Waals surface area contributed by atoms with Gasteiger partial charge >= 0.3 is 0 Å². The third kappa shape index (κ3) is 4.11. The van der Waals surface area contributed by atoms with Crippen molar-refractivity contribution in [3.8, 4) is 16.9 Å². The number of aryl methyl sites for hydroxylation is 3. The number of benzene rings is 2. The van der Waals surface area contributed by atoms with Crippen molar-refractivity contribution in [3.05, 3.63) is 64.3 Å². The average molecular weight is 473 g/mol. The number of hydrogen-bond acceptors (Lipinski definition) is 6. The molecule has 2 aromatic carbocycles. The SMILES string of the molecule is CCOc1ccc(-c2c(C)sc3nc(C)nc(N4CCN(c5cccc(C)c5C)CC4)c23)cc1. The van der Waals surface area contributed by atoms with E-state index in [1.807, 2.05) is 13.8 Å². The molecule has 1 fully saturated rings. The maximum atomic E-state index is 5.66. The number of hydrogen-bond donors (Lipinski definition) is 0. The van der Waals surface area contributed by atoms with Crippen LogP contribution in [0.5, 0.6) is 5.75 Å². The first-order valence-electron chi connectivity index (χ1n) is 12.0. The summed E-state index contributed by atoms with van der Waals surface area (Å²) in [7, 11) is 0. The molecule has 1 aliphatic rings. The molecular formula is C28H32N4OS. The number of nitrogens with zero attached hydrogens (tertiary/aromatic N) is 4. The topological polar surface area (TPSA) is 41.5 Å². The van der Waals surface area contributed by atoms with Crippen LogP contribution >= 0.6 is 11.3 Å². The van der Waals surface area contributed by atoms with Crippen LogP contribution in [0.2, 0.25) is 0 Å². The molecule has 0 spiro atoms. The van der Waals surface area contributed by atoms with Gasteiger partial charge in [0, 0.05) is 42.3 Å². The molecule has 0 bridgehead atoms. The van der Waals surface area contributed by atoms with E-state index >= 15 is 0 Å². The van der Waals surface area contributed by atoms with Gasteiger partial charge in [0.1, 0.15) is 22.2 Å². The zero-order chi connectivity index (χ0) is 23.8. The number of piperazine rings is 1. The molecule has 0 atom stereocenters. The Morgan fingerprint density at radius 2 is 1.59 bits per heavy atom. The number of ether oxygens (including phenoxy) is 1. The molecule has 176 valence electrons. The average Bonchev–Trinajstić information content (AvgIpc) is 3.16. The zero-order valence-electron chi connectivity index (χ0n) is 20.7. The van der Waals surface area contributed by atoms with E-state index in [4.69, 9.17) is 14.7 Å². The maximum absolute atomic E-state index is 5.66. The molecule has 0 radical (unpaired) electrons. The molecule has 6 heteroatoms. The van der Waals surface area contributed by atoms with Crippen LogP contribution in [0.15, 0.2) is 42.5 Å². The van der Waals surface area contributed by atoms with Crippen molar-refractivity contribution in [1.29, 1.82) is 0 Å². The summed E-state index contributed by atoms with van der Waals surface area (Å²) in [6.45, 7) is 15.1. The Balaban J connectivity index is 1.50. The van der Waals surface area contributed by atoms with Crippen molar-refractivity contribution in [1.82, 2.24) is 9.97 Å². The van der Waals surface area contributed by atoms with Crippen LogP contribution < -0.4 is 14.5 Å². The van der Waals surface area contributed by atoms with Crippen molar-refractivity contribution >= 4 is 33.1 Å². The van der Waals surface area contributed by atoms with E-state index in [0.29, 0.717) is 6.61 Å². The van der Waals surface area contributed by atoms with Crippen LogP contribution in [-0.4, -0.2) is 42.8 Å². The van der Waals surface area contributed by atoms with Gasteiger partial charge in [-0.1, -0.05) is 24.3 Å². The highest BCUT2D eigenvalue weighted by Crippen LogP contribution is 2.42. The van der Waals surface area contributed by atoms with Gasteiger partial charge in [0.05, 0.1) is 12.0 Å². The molecule has 2 aromatic heterocycles. The van der Waals surface area contributed by atoms with Gasteiger partial charge in [0.25, 0.3) is 0 Å². The predicted molar refractivity (Wildman–Crippen MR) is 144 cm³/mol. The molecule has 4 aromatic rings. The maximum Gasteiger partial charge on any atom is 0.141 e. The second-order valence-corrected chi connectivity index (χ2v) is 10.2. The third-order valence-electron chi connectivity index (χ3n) is 6.77. The lowest BCUT2D eigenvalue weighted by atomic mass is 10.0. The van der Waals surface area contributed by atoms with E-state index in [2.05, 4.69) is 73.0 Å². The minimum atomic E-state index is 0.672. The number of thiophene rings is 1. The van der Waals surface area contributed by atoms with Crippen molar-refractivity contribution in [2.24, 2.45) is 0 Å². The fraction of sp³-hybridized carbons (Fsp3) is 0.357. The molecule has 34 heavy (non-hydrogen) atoms. The quantitative estimate of drug-likeness (QED) is 0.340. The van der Waals surface area contributed by atoms with Crippen LogP contribution in [0.4, 0.5) is 11.5 Å². The summed E-state index contributed by atoms with van der Waals surface area (Å²) < 4.78 is 5.66. The highest BCUT2D eigenvalue weighted by atomic mass is 32.1. The Kier molecular flexibility index (Phi) is 6.17. The van der Waals surface area contributed by atoms with Crippen molar-refractivity contribution in [2.45, 2.75) is 34.6 Å². The van der Waals surface area contributed by atoms with Crippen LogP contribution in [0.1, 0.15) is 28.8 Å². The lowest BCUT2D eigenvalue weighted by Crippen LogP contribution is -2.47. The fourth-order valence-corrected chi connectivity index (χ4v) is 5.98. The van der Waals surface area contributed by atoms with Gasteiger partial charge < -0.3 is 14.5 Å². The number of rotatable bonds is 5. The summed E-state index contributed by atoms with van der Waals surface area (Å²) in [6.07, 6.45) is 0. The lowest BCUT2D eigenvalue weighted by molar-refractivity contribution is 0.340. The van der Waals surface area contributed by atoms with Crippen LogP contribution in [0, 0.1) is 27.7 Å². The molecular weight excluding hydrogens is 440 g/mol. The summed E-state index contributed by atoms with van der Waals surface area (Å²) in [5.41, 5.74) is 6.51. The van der Waals surface area contributed by atoms with Crippen LogP contribution in [0.3, 0.4) is 0 Å². The third-order valence-corrected chi connectivity index (χ3v) is 7.77. The van der Waals surface area contributed by atoms with Crippen molar-refractivity contribution < 1.29 is 4.74 Å². The Bertz CT molecular complexity index is 1320. The summed E-state index contributed by atoms with van der Waals surface area (Å²) in [4.78, 5) is 17.1. The van der Waals surface area contributed by atoms with Gasteiger partial charge in [-0.15, -0.1) is 11.3 Å². The summed E-state index contributed by atoms with van der Waals surface area (Å²) in [5, 5.41) is 1.18. The van der Waals surface area contributed by atoms with Crippen molar-refractivity contribution in [2.75, 3.05) is 42.6 Å². The Labute approximate surface area is 206 Å². The van der Waals surface area contributed by atoms with Gasteiger partial charge in [0.15, 0.2) is 0 Å². The second kappa shape index (κ2) is 9.26. The van der Waals surface area contributed by atoms with E-state index in [-0.39, 0.29) is 0 Å². The normalized spacial score (nSPS) is 14.1. The Morgan fingerprint density at radius 3 is 2.29 bits per heavy atom. The van der Waals surface area contributed by atoms with Gasteiger partial charge in [-0.25, -0.2) is 9.97 Å². The van der Waals surface area contributed by atoms with E-state index in [1.54, 1.807) is 11.3 Å². The zero-order valence-corrected chi connectivity index (χ0v) is 21.5. The first-order chi connectivity index (χ1) is 16.5. The number of anilines is 2. The van der Waals surface area contributed by atoms with Crippen LogP contribution in [-0.2, 0) is 0 Å². The molecule has 5 rings (SSSR count). The monoisotopic (exact) mass is 472 g/mol. The smallest absolute Gasteiger partial charge is 0.141 e. The van der Waals surface area contributed by atoms with Gasteiger partial charge in [-0.2, -0.15) is 0 Å². The van der Waals surface area contributed by atoms with Gasteiger partial charge in [-0.3, -0.25) is 0 Å². The van der Waals surface area contributed by atoms with E-state index in [1.165, 1.54) is 38.2 Å². The molecule has 3 heterocycles. The number of fused-ring (bicyclic) bond motifs is 1. The molecule has 0 amide bonds. The summed E-state index contributed by atoms with van der Waals surface area (Å²) in [6, 6.07) is 15.0. The molecule has 5 nitrogen and oxygen atoms in total. The lowest BCUT2D eigenvalue weighted by Gasteiger charge is -2.38. The fourth-order valence-electron chi connectivity index (χ4n) is 4.90. The largest absolute Gasteiger partial charge is 0.494 e. The van der Waals surface area contributed by atoms with Crippen molar-refractivity contribution in [3.63, 3.8) is 0 Å². The molecule has 0 aliphatic carbocycles.